The van der Waals surface area contributed by atoms with Gasteiger partial charge in [-0.3, -0.25) is 4.79 Å². The first-order valence-corrected chi connectivity index (χ1v) is 6.54. The standard InChI is InChI=1S/C14H16O2S/c1-9-4-5-12(13(6-9)16-3)11-7-10(2)14(15)17-8-11/h4-6,8,10H,7H2,1-3H3/t10-/m1/s1. The summed E-state index contributed by atoms with van der Waals surface area (Å²) in [5, 5.41) is 2.20. The van der Waals surface area contributed by atoms with Crippen molar-refractivity contribution < 1.29 is 9.53 Å². The maximum atomic E-state index is 11.5. The van der Waals surface area contributed by atoms with Crippen LogP contribution < -0.4 is 4.74 Å². The summed E-state index contributed by atoms with van der Waals surface area (Å²) in [4.78, 5) is 11.5. The van der Waals surface area contributed by atoms with Crippen LogP contribution in [0.2, 0.25) is 0 Å². The Morgan fingerprint density at radius 2 is 2.18 bits per heavy atom. The molecule has 90 valence electrons. The second-order valence-corrected chi connectivity index (χ2v) is 5.26. The van der Waals surface area contributed by atoms with Gasteiger partial charge in [-0.25, -0.2) is 0 Å². The van der Waals surface area contributed by atoms with Gasteiger partial charge in [0, 0.05) is 11.5 Å². The molecule has 0 spiro atoms. The Morgan fingerprint density at radius 1 is 1.41 bits per heavy atom. The molecule has 0 saturated heterocycles. The van der Waals surface area contributed by atoms with E-state index in [0.29, 0.717) is 0 Å². The van der Waals surface area contributed by atoms with Crippen molar-refractivity contribution in [2.75, 3.05) is 7.11 Å². The quantitative estimate of drug-likeness (QED) is 0.799. The van der Waals surface area contributed by atoms with E-state index >= 15 is 0 Å². The second kappa shape index (κ2) is 4.96. The second-order valence-electron chi connectivity index (χ2n) is 4.39. The molecule has 1 atom stereocenters. The third-order valence-electron chi connectivity index (χ3n) is 2.95. The van der Waals surface area contributed by atoms with E-state index in [1.165, 1.54) is 22.9 Å². The first kappa shape index (κ1) is 12.2. The Bertz CT molecular complexity index is 477. The minimum absolute atomic E-state index is 0.0889. The van der Waals surface area contributed by atoms with Gasteiger partial charge in [0.1, 0.15) is 5.75 Å². The molecule has 0 unspecified atom stereocenters. The lowest BCUT2D eigenvalue weighted by Gasteiger charge is -2.19. The summed E-state index contributed by atoms with van der Waals surface area (Å²) in [6.07, 6.45) is 0.797. The van der Waals surface area contributed by atoms with Crippen molar-refractivity contribution in [3.63, 3.8) is 0 Å². The molecule has 1 aliphatic heterocycles. The van der Waals surface area contributed by atoms with E-state index in [4.69, 9.17) is 4.74 Å². The van der Waals surface area contributed by atoms with E-state index in [2.05, 4.69) is 12.1 Å². The molecule has 2 nitrogen and oxygen atoms in total. The molecule has 0 aromatic heterocycles. The third kappa shape index (κ3) is 2.55. The fraction of sp³-hybridized carbons (Fsp3) is 0.357. The summed E-state index contributed by atoms with van der Waals surface area (Å²) in [6, 6.07) is 6.18. The molecule has 0 amide bonds. The van der Waals surface area contributed by atoms with Crippen LogP contribution >= 0.6 is 11.8 Å². The van der Waals surface area contributed by atoms with Gasteiger partial charge in [0.2, 0.25) is 0 Å². The van der Waals surface area contributed by atoms with Crippen molar-refractivity contribution in [3.8, 4) is 5.75 Å². The number of aryl methyl sites for hydroxylation is 1. The maximum absolute atomic E-state index is 11.5. The molecule has 0 bridgehead atoms. The number of hydrogen-bond acceptors (Lipinski definition) is 3. The first-order valence-electron chi connectivity index (χ1n) is 5.66. The van der Waals surface area contributed by atoms with Crippen LogP contribution in [-0.4, -0.2) is 12.2 Å². The van der Waals surface area contributed by atoms with Gasteiger partial charge < -0.3 is 4.74 Å². The third-order valence-corrected chi connectivity index (χ3v) is 3.99. The molecular formula is C14H16O2S. The molecule has 0 fully saturated rings. The first-order chi connectivity index (χ1) is 8.11. The SMILES string of the molecule is COc1cc(C)ccc1C1=CSC(=O)[C@H](C)C1. The Morgan fingerprint density at radius 3 is 2.82 bits per heavy atom. The Balaban J connectivity index is 2.37. The van der Waals surface area contributed by atoms with Crippen molar-refractivity contribution in [1.29, 1.82) is 0 Å². The van der Waals surface area contributed by atoms with Crippen LogP contribution in [0.25, 0.3) is 5.57 Å². The lowest BCUT2D eigenvalue weighted by Crippen LogP contribution is -2.11. The lowest BCUT2D eigenvalue weighted by molar-refractivity contribution is -0.113. The van der Waals surface area contributed by atoms with Gasteiger partial charge in [-0.05, 0) is 36.0 Å². The Hall–Kier alpha value is -1.22. The summed E-state index contributed by atoms with van der Waals surface area (Å²) < 4.78 is 5.41. The average Bonchev–Trinajstić information content (AvgIpc) is 2.32. The summed E-state index contributed by atoms with van der Waals surface area (Å²) >= 11 is 1.30. The van der Waals surface area contributed by atoms with Gasteiger partial charge in [0.25, 0.3) is 0 Å². The number of carbonyl (C=O) groups excluding carboxylic acids is 1. The Kier molecular flexibility index (Phi) is 3.57. The maximum Gasteiger partial charge on any atom is 0.196 e. The smallest absolute Gasteiger partial charge is 0.196 e. The van der Waals surface area contributed by atoms with E-state index in [-0.39, 0.29) is 11.0 Å². The molecule has 0 saturated carbocycles. The van der Waals surface area contributed by atoms with Crippen LogP contribution in [-0.2, 0) is 4.79 Å². The number of thioether (sulfide) groups is 1. The Labute approximate surface area is 106 Å². The van der Waals surface area contributed by atoms with Gasteiger partial charge in [0.15, 0.2) is 5.12 Å². The number of rotatable bonds is 2. The van der Waals surface area contributed by atoms with Crippen molar-refractivity contribution in [2.45, 2.75) is 20.3 Å². The zero-order chi connectivity index (χ0) is 12.4. The predicted octanol–water partition coefficient (Wildman–Crippen LogP) is 3.64. The molecule has 0 aliphatic carbocycles. The van der Waals surface area contributed by atoms with E-state index in [9.17, 15) is 4.79 Å². The normalized spacial score (nSPS) is 20.1. The van der Waals surface area contributed by atoms with Crippen LogP contribution in [0, 0.1) is 12.8 Å². The number of allylic oxidation sites excluding steroid dienone is 1. The van der Waals surface area contributed by atoms with Crippen molar-refractivity contribution in [1.82, 2.24) is 0 Å². The van der Waals surface area contributed by atoms with Gasteiger partial charge in [-0.15, -0.1) is 0 Å². The van der Waals surface area contributed by atoms with Crippen LogP contribution in [0.4, 0.5) is 0 Å². The molecule has 3 heteroatoms. The molecule has 1 aromatic carbocycles. The van der Waals surface area contributed by atoms with Crippen LogP contribution in [0.5, 0.6) is 5.75 Å². The van der Waals surface area contributed by atoms with Crippen LogP contribution in [0.3, 0.4) is 0 Å². The number of hydrogen-bond donors (Lipinski definition) is 0. The molecule has 1 heterocycles. The summed E-state index contributed by atoms with van der Waals surface area (Å²) in [7, 11) is 1.68. The van der Waals surface area contributed by atoms with E-state index in [1.807, 2.05) is 25.3 Å². The highest BCUT2D eigenvalue weighted by atomic mass is 32.2. The average molecular weight is 248 g/mol. The highest BCUT2D eigenvalue weighted by molar-refractivity contribution is 8.16. The summed E-state index contributed by atoms with van der Waals surface area (Å²) in [6.45, 7) is 4.02. The van der Waals surface area contributed by atoms with Gasteiger partial charge >= 0.3 is 0 Å². The van der Waals surface area contributed by atoms with Crippen molar-refractivity contribution >= 4 is 22.5 Å². The largest absolute Gasteiger partial charge is 0.496 e. The van der Waals surface area contributed by atoms with E-state index in [0.717, 1.165) is 17.7 Å². The lowest BCUT2D eigenvalue weighted by atomic mass is 9.95. The molecular weight excluding hydrogens is 232 g/mol. The molecule has 2 rings (SSSR count). The zero-order valence-electron chi connectivity index (χ0n) is 10.3. The molecule has 0 N–H and O–H groups in total. The molecule has 1 aromatic rings. The van der Waals surface area contributed by atoms with Gasteiger partial charge in [-0.1, -0.05) is 30.8 Å². The number of ether oxygens (including phenoxy) is 1. The minimum Gasteiger partial charge on any atom is -0.496 e. The number of carbonyl (C=O) groups is 1. The molecule has 0 radical (unpaired) electrons. The summed E-state index contributed by atoms with van der Waals surface area (Å²) in [5.41, 5.74) is 3.47. The zero-order valence-corrected chi connectivity index (χ0v) is 11.1. The highest BCUT2D eigenvalue weighted by Gasteiger charge is 2.22. The van der Waals surface area contributed by atoms with Gasteiger partial charge in [0.05, 0.1) is 7.11 Å². The van der Waals surface area contributed by atoms with E-state index < -0.39 is 0 Å². The van der Waals surface area contributed by atoms with Gasteiger partial charge in [-0.2, -0.15) is 0 Å². The van der Waals surface area contributed by atoms with E-state index in [1.54, 1.807) is 7.11 Å². The fourth-order valence-electron chi connectivity index (χ4n) is 1.94. The predicted molar refractivity (Wildman–Crippen MR) is 72.1 cm³/mol. The van der Waals surface area contributed by atoms with Crippen molar-refractivity contribution in [2.24, 2.45) is 5.92 Å². The fourth-order valence-corrected chi connectivity index (χ4v) is 2.74. The topological polar surface area (TPSA) is 26.3 Å². The minimum atomic E-state index is 0.0889. The number of benzene rings is 1. The highest BCUT2D eigenvalue weighted by Crippen LogP contribution is 2.37. The van der Waals surface area contributed by atoms with Crippen LogP contribution in [0.15, 0.2) is 23.6 Å². The molecule has 1 aliphatic rings. The monoisotopic (exact) mass is 248 g/mol. The van der Waals surface area contributed by atoms with Crippen LogP contribution in [0.1, 0.15) is 24.5 Å². The summed E-state index contributed by atoms with van der Waals surface area (Å²) in [5.74, 6) is 0.976. The van der Waals surface area contributed by atoms with Crippen molar-refractivity contribution in [3.05, 3.63) is 34.7 Å². The number of methoxy groups -OCH3 is 1. The molecule has 17 heavy (non-hydrogen) atoms.